The topological polar surface area (TPSA) is 96.4 Å². The van der Waals surface area contributed by atoms with Gasteiger partial charge in [0.15, 0.2) is 0 Å². The zero-order chi connectivity index (χ0) is 14.8. The van der Waals surface area contributed by atoms with Gasteiger partial charge in [0, 0.05) is 18.1 Å². The van der Waals surface area contributed by atoms with Crippen molar-refractivity contribution in [1.82, 2.24) is 4.98 Å². The molecule has 1 heterocycles. The molecule has 2 rings (SSSR count). The second-order valence-electron chi connectivity index (χ2n) is 4.13. The van der Waals surface area contributed by atoms with E-state index in [-0.39, 0.29) is 10.5 Å². The molecule has 0 aliphatic rings. The minimum absolute atomic E-state index is 0.0855. The van der Waals surface area contributed by atoms with Gasteiger partial charge in [0.25, 0.3) is 10.0 Å². The molecule has 0 amide bonds. The van der Waals surface area contributed by atoms with Crippen LogP contribution in [0.2, 0.25) is 0 Å². The van der Waals surface area contributed by atoms with Crippen LogP contribution in [0.25, 0.3) is 0 Å². The molecule has 1 aromatic carbocycles. The van der Waals surface area contributed by atoms with Crippen molar-refractivity contribution < 1.29 is 18.3 Å². The van der Waals surface area contributed by atoms with Crippen LogP contribution in [0.5, 0.6) is 0 Å². The highest BCUT2D eigenvalue weighted by Gasteiger charge is 2.17. The van der Waals surface area contributed by atoms with Gasteiger partial charge in [0.2, 0.25) is 0 Å². The number of nitrogens with one attached hydrogen (secondary N) is 1. The molecule has 0 atom stereocenters. The lowest BCUT2D eigenvalue weighted by molar-refractivity contribution is 0.0697. The van der Waals surface area contributed by atoms with Crippen LogP contribution in [0.3, 0.4) is 0 Å². The van der Waals surface area contributed by atoms with Gasteiger partial charge < -0.3 is 5.11 Å². The summed E-state index contributed by atoms with van der Waals surface area (Å²) in [6.45, 7) is 1.67. The lowest BCUT2D eigenvalue weighted by atomic mass is 10.2. The van der Waals surface area contributed by atoms with E-state index < -0.39 is 16.0 Å². The molecule has 1 aromatic heterocycles. The van der Waals surface area contributed by atoms with Crippen LogP contribution < -0.4 is 4.72 Å². The fourth-order valence-corrected chi connectivity index (χ4v) is 2.87. The summed E-state index contributed by atoms with van der Waals surface area (Å²) in [5, 5.41) is 8.78. The predicted octanol–water partition coefficient (Wildman–Crippen LogP) is 1.89. The van der Waals surface area contributed by atoms with Crippen LogP contribution in [0.4, 0.5) is 5.69 Å². The van der Waals surface area contributed by atoms with Crippen molar-refractivity contribution in [2.75, 3.05) is 4.72 Å². The Labute approximate surface area is 116 Å². The van der Waals surface area contributed by atoms with Gasteiger partial charge in [0.05, 0.1) is 5.56 Å². The fourth-order valence-electron chi connectivity index (χ4n) is 1.62. The van der Waals surface area contributed by atoms with Crippen LogP contribution in [0.1, 0.15) is 15.9 Å². The molecule has 0 spiro atoms. The summed E-state index contributed by atoms with van der Waals surface area (Å²) in [6, 6.07) is 7.05. The van der Waals surface area contributed by atoms with Crippen LogP contribution >= 0.6 is 0 Å². The molecule has 0 saturated carbocycles. The molecule has 0 unspecified atom stereocenters. The Balaban J connectivity index is 2.29. The molecule has 0 aliphatic carbocycles. The monoisotopic (exact) mass is 292 g/mol. The molecule has 104 valence electrons. The molecule has 0 fully saturated rings. The number of carbonyl (C=O) groups is 1. The van der Waals surface area contributed by atoms with E-state index in [4.69, 9.17) is 5.11 Å². The second-order valence-corrected chi connectivity index (χ2v) is 5.78. The number of rotatable bonds is 4. The molecule has 20 heavy (non-hydrogen) atoms. The minimum Gasteiger partial charge on any atom is -0.478 e. The number of aryl methyl sites for hydroxylation is 1. The first-order chi connectivity index (χ1) is 9.40. The average molecular weight is 292 g/mol. The van der Waals surface area contributed by atoms with E-state index in [2.05, 4.69) is 9.71 Å². The molecular weight excluding hydrogens is 280 g/mol. The smallest absolute Gasteiger partial charge is 0.335 e. The number of aromatic carboxylic acids is 1. The molecular formula is C13H12N2O4S. The Kier molecular flexibility index (Phi) is 3.71. The standard InChI is InChI=1S/C13H12N2O4S/c1-9-6-7-14-8-12(9)20(18,19)15-11-4-2-10(3-5-11)13(16)17/h2-8,15H,1H3,(H,16,17). The summed E-state index contributed by atoms with van der Waals surface area (Å²) >= 11 is 0. The molecule has 0 saturated heterocycles. The van der Waals surface area contributed by atoms with Gasteiger partial charge in [-0.2, -0.15) is 0 Å². The molecule has 2 aromatic rings. The third-order valence-electron chi connectivity index (χ3n) is 2.66. The summed E-state index contributed by atoms with van der Waals surface area (Å²) in [5.41, 5.74) is 0.957. The normalized spacial score (nSPS) is 11.1. The number of anilines is 1. The van der Waals surface area contributed by atoms with Gasteiger partial charge in [-0.3, -0.25) is 9.71 Å². The number of carboxylic acid groups (broad SMARTS) is 1. The molecule has 6 nitrogen and oxygen atoms in total. The van der Waals surface area contributed by atoms with E-state index in [1.807, 2.05) is 0 Å². The number of nitrogens with zero attached hydrogens (tertiary/aromatic N) is 1. The van der Waals surface area contributed by atoms with Crippen LogP contribution in [-0.4, -0.2) is 24.5 Å². The van der Waals surface area contributed by atoms with Gasteiger partial charge in [-0.25, -0.2) is 13.2 Å². The Morgan fingerprint density at radius 1 is 1.20 bits per heavy atom. The van der Waals surface area contributed by atoms with Crippen molar-refractivity contribution in [3.05, 3.63) is 53.9 Å². The number of pyridine rings is 1. The fraction of sp³-hybridized carbons (Fsp3) is 0.0769. The van der Waals surface area contributed by atoms with Crippen LogP contribution in [0, 0.1) is 6.92 Å². The van der Waals surface area contributed by atoms with Gasteiger partial charge in [-0.05, 0) is 42.8 Å². The zero-order valence-electron chi connectivity index (χ0n) is 10.6. The van der Waals surface area contributed by atoms with Crippen molar-refractivity contribution in [3.8, 4) is 0 Å². The number of aromatic nitrogens is 1. The average Bonchev–Trinajstić information content (AvgIpc) is 2.39. The molecule has 0 radical (unpaired) electrons. The zero-order valence-corrected chi connectivity index (χ0v) is 11.4. The van der Waals surface area contributed by atoms with E-state index in [1.54, 1.807) is 13.0 Å². The van der Waals surface area contributed by atoms with Gasteiger partial charge in [0.1, 0.15) is 4.90 Å². The van der Waals surface area contributed by atoms with Gasteiger partial charge in [-0.15, -0.1) is 0 Å². The molecule has 2 N–H and O–H groups in total. The SMILES string of the molecule is Cc1ccncc1S(=O)(=O)Nc1ccc(C(=O)O)cc1. The molecule has 0 bridgehead atoms. The highest BCUT2D eigenvalue weighted by Crippen LogP contribution is 2.18. The Bertz CT molecular complexity index is 739. The first kappa shape index (κ1) is 14.0. The van der Waals surface area contributed by atoms with Crippen molar-refractivity contribution in [2.24, 2.45) is 0 Å². The van der Waals surface area contributed by atoms with E-state index in [0.29, 0.717) is 11.3 Å². The minimum atomic E-state index is -3.74. The van der Waals surface area contributed by atoms with Gasteiger partial charge >= 0.3 is 5.97 Å². The van der Waals surface area contributed by atoms with Gasteiger partial charge in [-0.1, -0.05) is 0 Å². The third-order valence-corrected chi connectivity index (χ3v) is 4.18. The van der Waals surface area contributed by atoms with E-state index in [1.165, 1.54) is 36.7 Å². The Hall–Kier alpha value is -2.41. The van der Waals surface area contributed by atoms with E-state index >= 15 is 0 Å². The first-order valence-electron chi connectivity index (χ1n) is 5.67. The largest absolute Gasteiger partial charge is 0.478 e. The summed E-state index contributed by atoms with van der Waals surface area (Å²) in [7, 11) is -3.74. The Morgan fingerprint density at radius 3 is 2.40 bits per heavy atom. The Morgan fingerprint density at radius 2 is 1.85 bits per heavy atom. The maximum Gasteiger partial charge on any atom is 0.335 e. The second kappa shape index (κ2) is 5.30. The van der Waals surface area contributed by atoms with E-state index in [0.717, 1.165) is 0 Å². The lowest BCUT2D eigenvalue weighted by Gasteiger charge is -2.09. The summed E-state index contributed by atoms with van der Waals surface area (Å²) in [6.07, 6.45) is 2.78. The quantitative estimate of drug-likeness (QED) is 0.897. The van der Waals surface area contributed by atoms with Crippen LogP contribution in [-0.2, 0) is 10.0 Å². The predicted molar refractivity (Wildman–Crippen MR) is 73.2 cm³/mol. The number of sulfonamides is 1. The third kappa shape index (κ3) is 2.94. The summed E-state index contributed by atoms with van der Waals surface area (Å²) in [5.74, 6) is -1.07. The number of hydrogen-bond acceptors (Lipinski definition) is 4. The number of hydrogen-bond donors (Lipinski definition) is 2. The highest BCUT2D eigenvalue weighted by molar-refractivity contribution is 7.92. The summed E-state index contributed by atoms with van der Waals surface area (Å²) < 4.78 is 26.7. The van der Waals surface area contributed by atoms with Crippen molar-refractivity contribution >= 4 is 21.7 Å². The highest BCUT2D eigenvalue weighted by atomic mass is 32.2. The maximum atomic E-state index is 12.2. The lowest BCUT2D eigenvalue weighted by Crippen LogP contribution is -2.14. The number of benzene rings is 1. The van der Waals surface area contributed by atoms with Crippen molar-refractivity contribution in [2.45, 2.75) is 11.8 Å². The summed E-state index contributed by atoms with van der Waals surface area (Å²) in [4.78, 5) is 14.6. The molecule has 0 aliphatic heterocycles. The maximum absolute atomic E-state index is 12.2. The van der Waals surface area contributed by atoms with Crippen molar-refractivity contribution in [3.63, 3.8) is 0 Å². The first-order valence-corrected chi connectivity index (χ1v) is 7.15. The van der Waals surface area contributed by atoms with E-state index in [9.17, 15) is 13.2 Å². The van der Waals surface area contributed by atoms with Crippen molar-refractivity contribution in [1.29, 1.82) is 0 Å². The molecule has 7 heteroatoms. The number of carboxylic acids is 1. The van der Waals surface area contributed by atoms with Crippen LogP contribution in [0.15, 0.2) is 47.6 Å².